The lowest BCUT2D eigenvalue weighted by molar-refractivity contribution is -0.625. The van der Waals surface area contributed by atoms with Crippen molar-refractivity contribution in [2.24, 2.45) is 0 Å². The van der Waals surface area contributed by atoms with Gasteiger partial charge in [-0.05, 0) is 21.8 Å². The molecule has 3 aromatic rings. The quantitative estimate of drug-likeness (QED) is 0.151. The Morgan fingerprint density at radius 3 is 1.20 bits per heavy atom. The molecule has 0 aliphatic rings. The molecule has 46 heavy (non-hydrogen) atoms. The molecule has 13 heteroatoms. The van der Waals surface area contributed by atoms with Gasteiger partial charge in [-0.2, -0.15) is 13.2 Å². The third-order valence-corrected chi connectivity index (χ3v) is 9.41. The lowest BCUT2D eigenvalue weighted by Gasteiger charge is -2.38. The maximum Gasteiger partial charge on any atom is 0.485 e. The molecule has 0 aliphatic carbocycles. The van der Waals surface area contributed by atoms with Gasteiger partial charge in [-0.15, -0.1) is 14.4 Å². The molecule has 0 aliphatic heterocycles. The van der Waals surface area contributed by atoms with E-state index in [9.17, 15) is 13.2 Å². The third kappa shape index (κ3) is 10.3. The molecule has 2 heterocycles. The van der Waals surface area contributed by atoms with Gasteiger partial charge in [-0.3, -0.25) is 0 Å². The number of rotatable bonds is 6. The van der Waals surface area contributed by atoms with Gasteiger partial charge in [0, 0.05) is 63.8 Å². The smallest absolute Gasteiger partial charge is 0.485 e. The first-order chi connectivity index (χ1) is 20.6. The van der Waals surface area contributed by atoms with E-state index in [0.29, 0.717) is 0 Å². The molecule has 1 aromatic carbocycles. The number of anilines is 2. The minimum atomic E-state index is -6.09. The number of pyridine rings is 2. The van der Waals surface area contributed by atoms with Gasteiger partial charge >= 0.3 is 13.9 Å². The van der Waals surface area contributed by atoms with Crippen molar-refractivity contribution in [2.75, 3.05) is 38.0 Å². The zero-order valence-electron chi connectivity index (χ0n) is 29.2. The van der Waals surface area contributed by atoms with Gasteiger partial charge in [0.25, 0.3) is 0 Å². The Balaban J connectivity index is 0.000000812. The molecule has 2 aromatic heterocycles. The monoisotopic (exact) mass is 683 g/mol. The van der Waals surface area contributed by atoms with Gasteiger partial charge in [0.05, 0.1) is 0 Å². The van der Waals surface area contributed by atoms with Crippen molar-refractivity contribution in [1.29, 1.82) is 0 Å². The van der Waals surface area contributed by atoms with E-state index in [4.69, 9.17) is 18.1 Å². The van der Waals surface area contributed by atoms with Gasteiger partial charge in [0.15, 0.2) is 34.9 Å². The summed E-state index contributed by atoms with van der Waals surface area (Å²) in [6.07, 6.45) is 8.64. The average Bonchev–Trinajstić information content (AvgIpc) is 2.89. The molecule has 0 amide bonds. The van der Waals surface area contributed by atoms with Crippen LogP contribution in [0.15, 0.2) is 61.2 Å². The normalized spacial score (nSPS) is 12.8. The molecule has 8 nitrogen and oxygen atoms in total. The third-order valence-electron chi connectivity index (χ3n) is 7.10. The maximum atomic E-state index is 10.7. The number of hydrogen-bond donors (Lipinski definition) is 0. The summed E-state index contributed by atoms with van der Waals surface area (Å²) in [6, 6.07) is 13.5. The van der Waals surface area contributed by atoms with Gasteiger partial charge in [0.1, 0.15) is 0 Å². The van der Waals surface area contributed by atoms with Gasteiger partial charge in [-0.1, -0.05) is 85.6 Å². The Bertz CT molecular complexity index is 1490. The molecule has 0 saturated heterocycles. The predicted molar refractivity (Wildman–Crippen MR) is 181 cm³/mol. The van der Waals surface area contributed by atoms with Crippen molar-refractivity contribution in [1.82, 2.24) is 0 Å². The second-order valence-electron chi connectivity index (χ2n) is 14.6. The van der Waals surface area contributed by atoms with E-state index >= 15 is 0 Å². The highest BCUT2D eigenvalue weighted by molar-refractivity contribution is 7.86. The SMILES string of the molecule is CN(C)c1cc[n+](P([N-]c2c(C(C)(C)C)cc(C(C)(C)C)cc2C(C)(C)C)[n+]2ccc(N(C)C)cc2)cc1.O=S(=O)([O-])C(F)(F)F. The highest BCUT2D eigenvalue weighted by atomic mass is 32.2. The van der Waals surface area contributed by atoms with E-state index in [2.05, 4.69) is 170 Å². The molecule has 256 valence electrons. The van der Waals surface area contributed by atoms with E-state index in [1.165, 1.54) is 28.1 Å². The van der Waals surface area contributed by atoms with Gasteiger partial charge in [-0.25, -0.2) is 8.42 Å². The summed E-state index contributed by atoms with van der Waals surface area (Å²) < 4.78 is 63.4. The lowest BCUT2D eigenvalue weighted by Crippen LogP contribution is -2.42. The second kappa shape index (κ2) is 14.0. The van der Waals surface area contributed by atoms with Crippen LogP contribution in [-0.4, -0.2) is 46.7 Å². The van der Waals surface area contributed by atoms with Crippen molar-refractivity contribution < 1.29 is 34.8 Å². The van der Waals surface area contributed by atoms with E-state index in [-0.39, 0.29) is 16.2 Å². The van der Waals surface area contributed by atoms with E-state index in [0.717, 1.165) is 5.69 Å². The largest absolute Gasteiger partial charge is 0.741 e. The Morgan fingerprint density at radius 1 is 0.674 bits per heavy atom. The Kier molecular flexibility index (Phi) is 12.0. The fourth-order valence-electron chi connectivity index (χ4n) is 4.29. The average molecular weight is 684 g/mol. The Morgan fingerprint density at radius 2 is 0.978 bits per heavy atom. The van der Waals surface area contributed by atoms with Crippen molar-refractivity contribution in [3.8, 4) is 0 Å². The molecule has 0 atom stereocenters. The maximum absolute atomic E-state index is 10.7. The van der Waals surface area contributed by atoms with Crippen LogP contribution in [0.5, 0.6) is 0 Å². The van der Waals surface area contributed by atoms with Crippen LogP contribution >= 0.6 is 8.37 Å². The number of halogens is 3. The molecule has 3 rings (SSSR count). The topological polar surface area (TPSA) is 85.5 Å². The highest BCUT2D eigenvalue weighted by Gasteiger charge is 2.37. The molecule has 0 N–H and O–H groups in total. The van der Waals surface area contributed by atoms with Crippen LogP contribution in [0.25, 0.3) is 5.09 Å². The van der Waals surface area contributed by atoms with Crippen LogP contribution < -0.4 is 18.5 Å². The first-order valence-electron chi connectivity index (χ1n) is 14.8. The van der Waals surface area contributed by atoms with Crippen LogP contribution in [0.2, 0.25) is 0 Å². The first-order valence-corrected chi connectivity index (χ1v) is 17.4. The van der Waals surface area contributed by atoms with Gasteiger partial charge in [0.2, 0.25) is 0 Å². The summed E-state index contributed by atoms with van der Waals surface area (Å²) in [5, 5.41) is 5.67. The fourth-order valence-corrected chi connectivity index (χ4v) is 5.87. The van der Waals surface area contributed by atoms with Crippen LogP contribution in [0.4, 0.5) is 30.2 Å². The summed E-state index contributed by atoms with van der Waals surface area (Å²) in [6.45, 7) is 20.7. The molecule has 0 spiro atoms. The molecular weight excluding hydrogens is 634 g/mol. The van der Waals surface area contributed by atoms with Crippen molar-refractivity contribution in [3.63, 3.8) is 0 Å². The van der Waals surface area contributed by atoms with Crippen LogP contribution in [0, 0.1) is 0 Å². The number of aromatic nitrogens is 2. The standard InChI is InChI=1S/C32H49N5P.CHF3O3S/c1-30(2,3)24-22-27(31(4,5)6)29(28(23-24)32(7,8)9)33-38(36-18-14-25(15-19-36)34(10)11)37-20-16-26(17-21-37)35(12)13;2-1(3,4)8(5,6)7/h14-23H,1-13H3;(H,5,6,7)/q+1;/p-1. The fraction of sp³-hybridized carbons (Fsp3) is 0.515. The van der Waals surface area contributed by atoms with Crippen LogP contribution in [-0.2, 0) is 26.4 Å². The molecule has 0 saturated carbocycles. The molecule has 0 fully saturated rings. The Labute approximate surface area is 274 Å². The van der Waals surface area contributed by atoms with Gasteiger partial charge < -0.3 is 19.4 Å². The minimum absolute atomic E-state index is 0.0524. The number of nitrogens with zero attached hydrogens (tertiary/aromatic N) is 5. The summed E-state index contributed by atoms with van der Waals surface area (Å²) >= 11 is 0. The van der Waals surface area contributed by atoms with E-state index in [1.807, 2.05) is 0 Å². The molecule has 0 bridgehead atoms. The number of benzene rings is 1. The predicted octanol–water partition coefficient (Wildman–Crippen LogP) is 7.67. The minimum Gasteiger partial charge on any atom is -0.741 e. The van der Waals surface area contributed by atoms with Crippen LogP contribution in [0.3, 0.4) is 0 Å². The Hall–Kier alpha value is -2.95. The molecular formula is C33H49F3N5O3PS. The molecule has 0 radical (unpaired) electrons. The highest BCUT2D eigenvalue weighted by Crippen LogP contribution is 2.51. The second-order valence-corrected chi connectivity index (χ2v) is 17.6. The van der Waals surface area contributed by atoms with Crippen molar-refractivity contribution in [2.45, 2.75) is 84.1 Å². The summed E-state index contributed by atoms with van der Waals surface area (Å²) in [5.41, 5.74) is 1.73. The summed E-state index contributed by atoms with van der Waals surface area (Å²) in [7, 11) is 1.07. The lowest BCUT2D eigenvalue weighted by atomic mass is 9.74. The summed E-state index contributed by atoms with van der Waals surface area (Å²) in [4.78, 5) is 4.26. The van der Waals surface area contributed by atoms with Crippen molar-refractivity contribution in [3.05, 3.63) is 83.0 Å². The van der Waals surface area contributed by atoms with E-state index < -0.39 is 24.0 Å². The summed E-state index contributed by atoms with van der Waals surface area (Å²) in [5.74, 6) is 0. The van der Waals surface area contributed by atoms with E-state index in [1.54, 1.807) is 0 Å². The van der Waals surface area contributed by atoms with Crippen molar-refractivity contribution >= 4 is 35.6 Å². The molecule has 0 unspecified atom stereocenters. The number of alkyl halides is 3. The first kappa shape index (κ1) is 39.2. The number of hydrogen-bond acceptors (Lipinski definition) is 5. The van der Waals surface area contributed by atoms with Crippen LogP contribution in [0.1, 0.15) is 79.0 Å². The zero-order chi connectivity index (χ0) is 35.6. The zero-order valence-corrected chi connectivity index (χ0v) is 30.9.